The van der Waals surface area contributed by atoms with E-state index in [0.717, 1.165) is 0 Å². The Morgan fingerprint density at radius 3 is 1.62 bits per heavy atom. The van der Waals surface area contributed by atoms with Crippen molar-refractivity contribution in [2.75, 3.05) is 0 Å². The molecule has 0 radical (unpaired) electrons. The Labute approximate surface area is 68.4 Å². The summed E-state index contributed by atoms with van der Waals surface area (Å²) in [6.07, 6.45) is -7.38. The molecule has 0 N–H and O–H groups in total. The van der Waals surface area contributed by atoms with E-state index < -0.39 is 24.4 Å². The molecule has 0 unspecified atom stereocenters. The van der Waals surface area contributed by atoms with Gasteiger partial charge in [0, 0.05) is 6.42 Å². The number of alkyl halides is 6. The molecule has 0 heterocycles. The average Bonchev–Trinajstić information content (AvgIpc) is 2.03. The maximum atomic E-state index is 12.1. The summed E-state index contributed by atoms with van der Waals surface area (Å²) in [5, 5.41) is 0. The first-order valence-electron chi connectivity index (χ1n) is 3.05. The number of hydrogen-bond donors (Lipinski definition) is 0. The Kier molecular flexibility index (Phi) is 3.18. The third-order valence-corrected chi connectivity index (χ3v) is 1.37. The highest BCUT2D eigenvalue weighted by Crippen LogP contribution is 2.47. The summed E-state index contributed by atoms with van der Waals surface area (Å²) < 4.78 is 82.9. The predicted octanol–water partition coefficient (Wildman–Crippen LogP) is 3.16. The van der Waals surface area contributed by atoms with Crippen LogP contribution in [0.3, 0.4) is 0 Å². The highest BCUT2D eigenvalue weighted by molar-refractivity contribution is 4.90. The molecule has 1 nitrogen and oxygen atoms in total. The normalized spacial score (nSPS) is 14.8. The first-order chi connectivity index (χ1) is 5.62. The third kappa shape index (κ3) is 1.87. The molecule has 0 aromatic carbocycles. The van der Waals surface area contributed by atoms with Gasteiger partial charge in [0.15, 0.2) is 0 Å². The zero-order valence-electron chi connectivity index (χ0n) is 6.26. The molecule has 0 rings (SSSR count). The van der Waals surface area contributed by atoms with Crippen LogP contribution in [-0.2, 0) is 4.94 Å². The molecular weight excluding hydrogens is 209 g/mol. The summed E-state index contributed by atoms with van der Waals surface area (Å²) in [7, 11) is 0. The summed E-state index contributed by atoms with van der Waals surface area (Å²) in [5.74, 6) is -10.9. The van der Waals surface area contributed by atoms with Gasteiger partial charge in [-0.3, -0.25) is 0 Å². The summed E-state index contributed by atoms with van der Waals surface area (Å²) in [6, 6.07) is 0. The van der Waals surface area contributed by atoms with Crippen LogP contribution in [0.1, 0.15) is 13.3 Å². The highest BCUT2D eigenvalue weighted by atomic mass is 19.4. The van der Waals surface area contributed by atoms with E-state index in [1.54, 1.807) is 0 Å². The fourth-order valence-electron chi connectivity index (χ4n) is 0.483. The molecule has 0 saturated carbocycles. The van der Waals surface area contributed by atoms with Gasteiger partial charge in [0.2, 0.25) is 0 Å². The Bertz CT molecular complexity index is 160. The number of halogens is 7. The Morgan fingerprint density at radius 2 is 1.38 bits per heavy atom. The number of hydrogen-bond acceptors (Lipinski definition) is 1. The van der Waals surface area contributed by atoms with Gasteiger partial charge in [-0.1, -0.05) is 6.92 Å². The van der Waals surface area contributed by atoms with Crippen LogP contribution >= 0.6 is 0 Å². The monoisotopic (exact) mass is 214 g/mol. The molecule has 0 aliphatic carbocycles. The van der Waals surface area contributed by atoms with Crippen LogP contribution < -0.4 is 0 Å². The molecule has 0 bridgehead atoms. The summed E-state index contributed by atoms with van der Waals surface area (Å²) in [6.45, 7) is 0.558. The summed E-state index contributed by atoms with van der Waals surface area (Å²) >= 11 is 0. The van der Waals surface area contributed by atoms with Crippen molar-refractivity contribution in [3.05, 3.63) is 0 Å². The van der Waals surface area contributed by atoms with Gasteiger partial charge in [0.05, 0.1) is 0 Å². The summed E-state index contributed by atoms with van der Waals surface area (Å²) in [5.41, 5.74) is 0. The molecule has 0 aromatic rings. The van der Waals surface area contributed by atoms with Crippen molar-refractivity contribution in [1.82, 2.24) is 0 Å². The molecular formula is C5H5F7O. The lowest BCUT2D eigenvalue weighted by Gasteiger charge is -2.28. The van der Waals surface area contributed by atoms with Crippen LogP contribution in [0.15, 0.2) is 0 Å². The summed E-state index contributed by atoms with van der Waals surface area (Å²) in [4.78, 5) is 1.53. The molecule has 80 valence electrons. The molecule has 0 amide bonds. The van der Waals surface area contributed by atoms with Crippen molar-refractivity contribution in [2.24, 2.45) is 0 Å². The van der Waals surface area contributed by atoms with Gasteiger partial charge >= 0.3 is 18.0 Å². The minimum atomic E-state index is -5.87. The van der Waals surface area contributed by atoms with Crippen LogP contribution in [0, 0.1) is 0 Å². The van der Waals surface area contributed by atoms with Crippen molar-refractivity contribution in [3.63, 3.8) is 0 Å². The second kappa shape index (κ2) is 3.32. The van der Waals surface area contributed by atoms with Crippen molar-refractivity contribution < 1.29 is 35.8 Å². The molecule has 8 heteroatoms. The predicted molar refractivity (Wildman–Crippen MR) is 27.3 cm³/mol. The topological polar surface area (TPSA) is 9.23 Å². The molecule has 0 saturated heterocycles. The standard InChI is InChI=1S/C5H5F7O/c1-2-3(6,7)4(8,9)5(10,11)13-12/h2H2,1H3. The fraction of sp³-hybridized carbons (Fsp3) is 1.00. The number of rotatable bonds is 4. The van der Waals surface area contributed by atoms with Gasteiger partial charge in [-0.25, -0.2) is 0 Å². The lowest BCUT2D eigenvalue weighted by Crippen LogP contribution is -2.54. The third-order valence-electron chi connectivity index (χ3n) is 1.37. The van der Waals surface area contributed by atoms with E-state index in [4.69, 9.17) is 0 Å². The van der Waals surface area contributed by atoms with Crippen molar-refractivity contribution in [3.8, 4) is 0 Å². The second-order valence-corrected chi connectivity index (χ2v) is 2.23. The quantitative estimate of drug-likeness (QED) is 0.653. The second-order valence-electron chi connectivity index (χ2n) is 2.23. The van der Waals surface area contributed by atoms with Gasteiger partial charge in [0.1, 0.15) is 0 Å². The van der Waals surface area contributed by atoms with Gasteiger partial charge < -0.3 is 0 Å². The van der Waals surface area contributed by atoms with Crippen molar-refractivity contribution in [1.29, 1.82) is 0 Å². The van der Waals surface area contributed by atoms with Crippen LogP contribution in [0.5, 0.6) is 0 Å². The van der Waals surface area contributed by atoms with Crippen molar-refractivity contribution in [2.45, 2.75) is 31.3 Å². The lowest BCUT2D eigenvalue weighted by atomic mass is 10.1. The minimum absolute atomic E-state index is 0.558. The zero-order chi connectivity index (χ0) is 10.9. The van der Waals surface area contributed by atoms with E-state index in [-0.39, 0.29) is 0 Å². The van der Waals surface area contributed by atoms with Crippen LogP contribution in [0.2, 0.25) is 0 Å². The Morgan fingerprint density at radius 1 is 1.00 bits per heavy atom. The van der Waals surface area contributed by atoms with Crippen LogP contribution in [0.25, 0.3) is 0 Å². The van der Waals surface area contributed by atoms with E-state index in [1.807, 2.05) is 0 Å². The van der Waals surface area contributed by atoms with E-state index in [2.05, 4.69) is 0 Å². The SMILES string of the molecule is CCC(F)(F)C(F)(F)C(F)(F)OF. The van der Waals surface area contributed by atoms with Gasteiger partial charge in [0.25, 0.3) is 0 Å². The van der Waals surface area contributed by atoms with E-state index >= 15 is 0 Å². The minimum Gasteiger partial charge on any atom is -0.200 e. The molecule has 0 atom stereocenters. The fourth-order valence-corrected chi connectivity index (χ4v) is 0.483. The Balaban J connectivity index is 4.95. The van der Waals surface area contributed by atoms with Crippen LogP contribution in [-0.4, -0.2) is 18.0 Å². The molecule has 0 fully saturated rings. The Hall–Kier alpha value is -0.530. The smallest absolute Gasteiger partial charge is 0.200 e. The first-order valence-corrected chi connectivity index (χ1v) is 3.05. The molecule has 0 aliphatic rings. The lowest BCUT2D eigenvalue weighted by molar-refractivity contribution is -0.455. The maximum absolute atomic E-state index is 12.1. The average molecular weight is 214 g/mol. The molecule has 0 aromatic heterocycles. The zero-order valence-corrected chi connectivity index (χ0v) is 6.26. The van der Waals surface area contributed by atoms with Gasteiger partial charge in [-0.05, 0) is 4.53 Å². The molecule has 0 aliphatic heterocycles. The maximum Gasteiger partial charge on any atom is 0.455 e. The van der Waals surface area contributed by atoms with Crippen LogP contribution in [0.4, 0.5) is 30.9 Å². The van der Waals surface area contributed by atoms with E-state index in [9.17, 15) is 30.9 Å². The molecule has 0 spiro atoms. The van der Waals surface area contributed by atoms with Gasteiger partial charge in [-0.2, -0.15) is 26.3 Å². The van der Waals surface area contributed by atoms with E-state index in [1.165, 1.54) is 4.94 Å². The van der Waals surface area contributed by atoms with Gasteiger partial charge in [-0.15, -0.1) is 4.94 Å². The highest BCUT2D eigenvalue weighted by Gasteiger charge is 2.73. The first kappa shape index (κ1) is 12.5. The van der Waals surface area contributed by atoms with Crippen molar-refractivity contribution >= 4 is 0 Å². The van der Waals surface area contributed by atoms with E-state index in [0.29, 0.717) is 6.92 Å². The largest absolute Gasteiger partial charge is 0.455 e. The molecule has 13 heavy (non-hydrogen) atoms.